The van der Waals surface area contributed by atoms with Crippen LogP contribution in [0, 0.1) is 6.92 Å². The van der Waals surface area contributed by atoms with Crippen molar-refractivity contribution in [1.29, 1.82) is 0 Å². The number of benzene rings is 1. The first-order valence-corrected chi connectivity index (χ1v) is 14.6. The van der Waals surface area contributed by atoms with Gasteiger partial charge < -0.3 is 14.0 Å². The third kappa shape index (κ3) is 4.60. The van der Waals surface area contributed by atoms with Crippen molar-refractivity contribution in [2.45, 2.75) is 65.8 Å². The Morgan fingerprint density at radius 3 is 2.10 bits per heavy atom. The number of carbonyl (C=O) groups is 1. The van der Waals surface area contributed by atoms with Gasteiger partial charge in [-0.05, 0) is 53.7 Å². The summed E-state index contributed by atoms with van der Waals surface area (Å²) in [4.78, 5) is 15.7. The second-order valence-corrected chi connectivity index (χ2v) is 15.1. The molecule has 1 aliphatic rings. The first-order valence-electron chi connectivity index (χ1n) is 10.8. The minimum absolute atomic E-state index is 0.279. The van der Waals surface area contributed by atoms with Crippen molar-refractivity contribution in [1.82, 2.24) is 0 Å². The molecular formula is C24H33BO4SSi. The smallest absolute Gasteiger partial charge is 0.463 e. The summed E-state index contributed by atoms with van der Waals surface area (Å²) < 4.78 is 18.6. The lowest BCUT2D eigenvalue weighted by Crippen LogP contribution is -2.48. The Morgan fingerprint density at radius 1 is 1.03 bits per heavy atom. The molecule has 1 saturated heterocycles. The van der Waals surface area contributed by atoms with Crippen LogP contribution in [0.2, 0.25) is 13.1 Å². The predicted molar refractivity (Wildman–Crippen MR) is 132 cm³/mol. The highest BCUT2D eigenvalue weighted by Crippen LogP contribution is 2.43. The number of carbonyl (C=O) groups excluding carboxylic acids is 1. The molecule has 0 radical (unpaired) electrons. The zero-order valence-electron chi connectivity index (χ0n) is 19.9. The summed E-state index contributed by atoms with van der Waals surface area (Å²) in [5, 5.41) is 1.88. The minimum Gasteiger partial charge on any atom is -0.463 e. The first-order chi connectivity index (χ1) is 14.4. The fraction of sp³-hybridized carbons (Fsp3) is 0.458. The summed E-state index contributed by atoms with van der Waals surface area (Å²) >= 11 is 1.65. The molecule has 3 rings (SSSR count). The molecular weight excluding hydrogens is 423 g/mol. The lowest BCUT2D eigenvalue weighted by Gasteiger charge is -2.32. The van der Waals surface area contributed by atoms with E-state index in [2.05, 4.69) is 44.3 Å². The summed E-state index contributed by atoms with van der Waals surface area (Å²) in [7, 11) is -3.10. The van der Waals surface area contributed by atoms with E-state index in [-0.39, 0.29) is 5.97 Å². The van der Waals surface area contributed by atoms with Gasteiger partial charge in [0.2, 0.25) is 0 Å². The molecule has 31 heavy (non-hydrogen) atoms. The van der Waals surface area contributed by atoms with Crippen LogP contribution in [0.5, 0.6) is 0 Å². The molecule has 4 nitrogen and oxygen atoms in total. The van der Waals surface area contributed by atoms with Gasteiger partial charge in [-0.1, -0.05) is 48.6 Å². The standard InChI is InChI=1S/C24H33BO4SSi/c1-9-27-22(26)21(31(7,8)18-13-11-10-12-14-18)20(19-16-15-17(2)30-19)25-28-23(3,4)24(5,6)29-25/h10-16H,9H2,1-8H3/b21-20+. The molecule has 0 atom stereocenters. The Morgan fingerprint density at radius 2 is 1.61 bits per heavy atom. The Bertz CT molecular complexity index is 962. The van der Waals surface area contributed by atoms with E-state index in [4.69, 9.17) is 14.0 Å². The van der Waals surface area contributed by atoms with Crippen LogP contribution >= 0.6 is 11.3 Å². The van der Waals surface area contributed by atoms with Gasteiger partial charge in [0.15, 0.2) is 0 Å². The quantitative estimate of drug-likeness (QED) is 0.342. The Hall–Kier alpha value is -1.67. The van der Waals surface area contributed by atoms with Crippen LogP contribution in [-0.4, -0.2) is 39.0 Å². The van der Waals surface area contributed by atoms with E-state index >= 15 is 0 Å². The topological polar surface area (TPSA) is 44.8 Å². The molecule has 1 aromatic carbocycles. The molecule has 1 fully saturated rings. The van der Waals surface area contributed by atoms with E-state index in [9.17, 15) is 4.79 Å². The van der Waals surface area contributed by atoms with Crippen molar-refractivity contribution in [2.24, 2.45) is 0 Å². The molecule has 0 aliphatic carbocycles. The molecule has 7 heteroatoms. The van der Waals surface area contributed by atoms with Crippen molar-refractivity contribution >= 4 is 43.2 Å². The third-order valence-electron chi connectivity index (χ3n) is 6.36. The zero-order valence-corrected chi connectivity index (χ0v) is 21.7. The van der Waals surface area contributed by atoms with E-state index in [1.54, 1.807) is 11.3 Å². The Kier molecular flexibility index (Phi) is 6.73. The number of ether oxygens (including phenoxy) is 1. The number of hydrogen-bond acceptors (Lipinski definition) is 5. The summed E-state index contributed by atoms with van der Waals surface area (Å²) in [5.74, 6) is -0.279. The molecule has 1 aromatic heterocycles. The van der Waals surface area contributed by atoms with Gasteiger partial charge in [0.1, 0.15) is 8.07 Å². The molecule has 2 heterocycles. The van der Waals surface area contributed by atoms with E-state index in [1.165, 1.54) is 10.1 Å². The van der Waals surface area contributed by atoms with Crippen molar-refractivity contribution in [3.8, 4) is 0 Å². The fourth-order valence-corrected chi connectivity index (χ4v) is 7.64. The second kappa shape index (κ2) is 8.70. The van der Waals surface area contributed by atoms with Crippen LogP contribution in [0.3, 0.4) is 0 Å². The number of rotatable bonds is 6. The van der Waals surface area contributed by atoms with Gasteiger partial charge >= 0.3 is 13.1 Å². The van der Waals surface area contributed by atoms with Gasteiger partial charge in [-0.3, -0.25) is 0 Å². The highest BCUT2D eigenvalue weighted by atomic mass is 32.1. The summed E-state index contributed by atoms with van der Waals surface area (Å²) in [6.07, 6.45) is 0. The average molecular weight is 456 g/mol. The SMILES string of the molecule is CCOC(=O)/C(=C(\B1OC(C)(C)C(C)(C)O1)c1ccc(C)s1)[Si](C)(C)c1ccccc1. The van der Waals surface area contributed by atoms with Crippen LogP contribution in [0.1, 0.15) is 44.4 Å². The monoisotopic (exact) mass is 456 g/mol. The summed E-state index contributed by atoms with van der Waals surface area (Å²) in [5.41, 5.74) is -0.198. The lowest BCUT2D eigenvalue weighted by molar-refractivity contribution is -0.137. The normalized spacial score (nSPS) is 18.6. The van der Waals surface area contributed by atoms with Gasteiger partial charge in [0, 0.05) is 20.4 Å². The average Bonchev–Trinajstić information content (AvgIpc) is 3.19. The summed E-state index contributed by atoms with van der Waals surface area (Å²) in [6, 6.07) is 14.4. The zero-order chi connectivity index (χ0) is 23.0. The first kappa shape index (κ1) is 24.0. The lowest BCUT2D eigenvalue weighted by atomic mass is 9.76. The molecule has 0 spiro atoms. The predicted octanol–water partition coefficient (Wildman–Crippen LogP) is 5.16. The van der Waals surface area contributed by atoms with Crippen LogP contribution in [0.4, 0.5) is 0 Å². The summed E-state index contributed by atoms with van der Waals surface area (Å²) in [6.45, 7) is 16.8. The van der Waals surface area contributed by atoms with Crippen LogP contribution in [0.15, 0.2) is 47.7 Å². The van der Waals surface area contributed by atoms with E-state index < -0.39 is 26.4 Å². The molecule has 0 N–H and O–H groups in total. The fourth-order valence-electron chi connectivity index (χ4n) is 3.80. The van der Waals surface area contributed by atoms with Crippen molar-refractivity contribution in [2.75, 3.05) is 6.61 Å². The second-order valence-electron chi connectivity index (χ2n) is 9.50. The maximum atomic E-state index is 13.5. The van der Waals surface area contributed by atoms with Crippen LogP contribution in [-0.2, 0) is 18.8 Å². The van der Waals surface area contributed by atoms with Crippen LogP contribution in [0.25, 0.3) is 5.47 Å². The number of hydrogen-bond donors (Lipinski definition) is 0. The Balaban J connectivity index is 2.30. The van der Waals surface area contributed by atoms with E-state index in [1.807, 2.05) is 52.8 Å². The minimum atomic E-state index is -2.45. The van der Waals surface area contributed by atoms with E-state index in [0.717, 1.165) is 10.3 Å². The molecule has 2 aromatic rings. The highest BCUT2D eigenvalue weighted by molar-refractivity contribution is 7.15. The van der Waals surface area contributed by atoms with Gasteiger partial charge in [-0.15, -0.1) is 11.3 Å². The van der Waals surface area contributed by atoms with Gasteiger partial charge in [-0.2, -0.15) is 0 Å². The largest absolute Gasteiger partial charge is 0.496 e. The highest BCUT2D eigenvalue weighted by Gasteiger charge is 2.55. The van der Waals surface area contributed by atoms with Crippen molar-refractivity contribution < 1.29 is 18.8 Å². The van der Waals surface area contributed by atoms with E-state index in [0.29, 0.717) is 11.8 Å². The van der Waals surface area contributed by atoms with Gasteiger partial charge in [0.05, 0.1) is 17.8 Å². The molecule has 166 valence electrons. The maximum Gasteiger partial charge on any atom is 0.496 e. The number of esters is 1. The number of aryl methyl sites for hydroxylation is 1. The van der Waals surface area contributed by atoms with Gasteiger partial charge in [-0.25, -0.2) is 4.79 Å². The van der Waals surface area contributed by atoms with Gasteiger partial charge in [0.25, 0.3) is 0 Å². The number of thiophene rings is 1. The maximum absolute atomic E-state index is 13.5. The molecule has 0 unspecified atom stereocenters. The molecule has 0 amide bonds. The Labute approximate surface area is 191 Å². The molecule has 1 aliphatic heterocycles. The molecule has 0 saturated carbocycles. The van der Waals surface area contributed by atoms with Crippen molar-refractivity contribution in [3.63, 3.8) is 0 Å². The molecule has 0 bridgehead atoms. The third-order valence-corrected chi connectivity index (χ3v) is 10.9. The van der Waals surface area contributed by atoms with Crippen molar-refractivity contribution in [3.05, 3.63) is 57.4 Å². The van der Waals surface area contributed by atoms with Crippen LogP contribution < -0.4 is 5.19 Å².